The van der Waals surface area contributed by atoms with Gasteiger partial charge in [-0.05, 0) is 25.1 Å². The summed E-state index contributed by atoms with van der Waals surface area (Å²) in [4.78, 5) is 4.58. The van der Waals surface area contributed by atoms with Crippen molar-refractivity contribution in [3.63, 3.8) is 0 Å². The van der Waals surface area contributed by atoms with E-state index < -0.39 is 0 Å². The molecule has 2 rings (SSSR count). The maximum absolute atomic E-state index is 13.3. The lowest BCUT2D eigenvalue weighted by molar-refractivity contribution is 0.299. The van der Waals surface area contributed by atoms with Crippen molar-refractivity contribution in [1.82, 2.24) is 4.98 Å². The van der Waals surface area contributed by atoms with Crippen molar-refractivity contribution < 1.29 is 9.13 Å². The van der Waals surface area contributed by atoms with Gasteiger partial charge < -0.3 is 10.5 Å². The molecule has 0 aliphatic rings. The summed E-state index contributed by atoms with van der Waals surface area (Å²) in [5, 5.41) is 2.95. The summed E-state index contributed by atoms with van der Waals surface area (Å²) in [5.41, 5.74) is 7.61. The number of rotatable bonds is 4. The van der Waals surface area contributed by atoms with E-state index in [0.29, 0.717) is 17.9 Å². The number of thiazole rings is 1. The van der Waals surface area contributed by atoms with E-state index >= 15 is 0 Å². The molecule has 3 nitrogen and oxygen atoms in total. The first kappa shape index (κ1) is 15.9. The SMILES string of the molecule is CC(N)c1cc(F)ccc1OCc1nc(C(C)(C)C)cs1. The molecule has 2 N–H and O–H groups in total. The van der Waals surface area contributed by atoms with Gasteiger partial charge in [-0.3, -0.25) is 0 Å². The monoisotopic (exact) mass is 308 g/mol. The molecule has 0 aliphatic carbocycles. The van der Waals surface area contributed by atoms with Crippen LogP contribution in [-0.4, -0.2) is 4.98 Å². The first-order chi connectivity index (χ1) is 9.77. The summed E-state index contributed by atoms with van der Waals surface area (Å²) in [6, 6.07) is 4.13. The van der Waals surface area contributed by atoms with E-state index in [9.17, 15) is 4.39 Å². The maximum Gasteiger partial charge on any atom is 0.140 e. The second kappa shape index (κ2) is 6.12. The molecule has 1 unspecified atom stereocenters. The fourth-order valence-electron chi connectivity index (χ4n) is 1.87. The van der Waals surface area contributed by atoms with Gasteiger partial charge in [0.1, 0.15) is 23.2 Å². The highest BCUT2D eigenvalue weighted by atomic mass is 32.1. The second-order valence-corrected chi connectivity index (χ2v) is 7.08. The lowest BCUT2D eigenvalue weighted by Crippen LogP contribution is -2.12. The van der Waals surface area contributed by atoms with E-state index in [-0.39, 0.29) is 17.3 Å². The fourth-order valence-corrected chi connectivity index (χ4v) is 2.80. The minimum absolute atomic E-state index is 0.0293. The van der Waals surface area contributed by atoms with Gasteiger partial charge in [0, 0.05) is 22.4 Å². The highest BCUT2D eigenvalue weighted by molar-refractivity contribution is 7.09. The third-order valence-corrected chi connectivity index (χ3v) is 3.96. The van der Waals surface area contributed by atoms with Crippen LogP contribution in [0.15, 0.2) is 23.6 Å². The third-order valence-electron chi connectivity index (χ3n) is 3.13. The summed E-state index contributed by atoms with van der Waals surface area (Å²) in [6.45, 7) is 8.55. The van der Waals surface area contributed by atoms with Crippen LogP contribution in [0.4, 0.5) is 4.39 Å². The highest BCUT2D eigenvalue weighted by Gasteiger charge is 2.18. The highest BCUT2D eigenvalue weighted by Crippen LogP contribution is 2.27. The molecule has 5 heteroatoms. The molecule has 0 amide bonds. The first-order valence-corrected chi connectivity index (χ1v) is 7.78. The molecule has 1 aromatic carbocycles. The predicted molar refractivity (Wildman–Crippen MR) is 84.1 cm³/mol. The number of nitrogens with zero attached hydrogens (tertiary/aromatic N) is 1. The summed E-state index contributed by atoms with van der Waals surface area (Å²) < 4.78 is 19.1. The van der Waals surface area contributed by atoms with Crippen LogP contribution in [0.2, 0.25) is 0 Å². The standard InChI is InChI=1S/C16H21FN2OS/c1-10(18)12-7-11(17)5-6-13(12)20-8-15-19-14(9-21-15)16(2,3)4/h5-7,9-10H,8,18H2,1-4H3. The molecule has 0 saturated carbocycles. The smallest absolute Gasteiger partial charge is 0.140 e. The number of nitrogens with two attached hydrogens (primary N) is 1. The molecule has 1 aromatic heterocycles. The third kappa shape index (κ3) is 4.02. The van der Waals surface area contributed by atoms with Crippen LogP contribution in [0.5, 0.6) is 5.75 Å². The molecule has 114 valence electrons. The molecule has 0 radical (unpaired) electrons. The Morgan fingerprint density at radius 1 is 1.38 bits per heavy atom. The van der Waals surface area contributed by atoms with E-state index in [1.165, 1.54) is 12.1 Å². The topological polar surface area (TPSA) is 48.1 Å². The minimum atomic E-state index is -0.307. The Labute approximate surface area is 129 Å². The lowest BCUT2D eigenvalue weighted by atomic mass is 9.93. The van der Waals surface area contributed by atoms with E-state index in [0.717, 1.165) is 10.7 Å². The Morgan fingerprint density at radius 3 is 2.67 bits per heavy atom. The van der Waals surface area contributed by atoms with Gasteiger partial charge in [0.05, 0.1) is 5.69 Å². The van der Waals surface area contributed by atoms with Crippen LogP contribution in [0.1, 0.15) is 50.0 Å². The molecular weight excluding hydrogens is 287 g/mol. The predicted octanol–water partition coefficient (Wildman–Crippen LogP) is 4.18. The Bertz CT molecular complexity index is 617. The number of halogens is 1. The molecule has 0 spiro atoms. The second-order valence-electron chi connectivity index (χ2n) is 6.14. The van der Waals surface area contributed by atoms with Gasteiger partial charge in [-0.1, -0.05) is 20.8 Å². The number of aromatic nitrogens is 1. The normalized spacial score (nSPS) is 13.2. The van der Waals surface area contributed by atoms with Gasteiger partial charge in [0.15, 0.2) is 0 Å². The molecule has 1 heterocycles. The van der Waals surface area contributed by atoms with Crippen LogP contribution >= 0.6 is 11.3 Å². The number of benzene rings is 1. The van der Waals surface area contributed by atoms with Crippen molar-refractivity contribution in [3.05, 3.63) is 45.7 Å². The van der Waals surface area contributed by atoms with Crippen molar-refractivity contribution in [2.24, 2.45) is 5.73 Å². The van der Waals surface area contributed by atoms with Gasteiger partial charge >= 0.3 is 0 Å². The zero-order valence-corrected chi connectivity index (χ0v) is 13.6. The molecule has 0 bridgehead atoms. The average Bonchev–Trinajstić information content (AvgIpc) is 2.85. The summed E-state index contributed by atoms with van der Waals surface area (Å²) >= 11 is 1.57. The number of hydrogen-bond acceptors (Lipinski definition) is 4. The van der Waals surface area contributed by atoms with E-state index in [2.05, 4.69) is 31.1 Å². The zero-order chi connectivity index (χ0) is 15.6. The van der Waals surface area contributed by atoms with Crippen molar-refractivity contribution in [2.75, 3.05) is 0 Å². The summed E-state index contributed by atoms with van der Waals surface area (Å²) in [7, 11) is 0. The number of hydrogen-bond donors (Lipinski definition) is 1. The molecule has 1 atom stereocenters. The first-order valence-electron chi connectivity index (χ1n) is 6.90. The Hall–Kier alpha value is -1.46. The molecule has 0 saturated heterocycles. The van der Waals surface area contributed by atoms with Gasteiger partial charge in [0.2, 0.25) is 0 Å². The minimum Gasteiger partial charge on any atom is -0.486 e. The lowest BCUT2D eigenvalue weighted by Gasteiger charge is -2.15. The summed E-state index contributed by atoms with van der Waals surface area (Å²) in [5.74, 6) is 0.304. The van der Waals surface area contributed by atoms with E-state index in [1.54, 1.807) is 17.4 Å². The zero-order valence-electron chi connectivity index (χ0n) is 12.8. The van der Waals surface area contributed by atoms with Gasteiger partial charge in [-0.2, -0.15) is 0 Å². The average molecular weight is 308 g/mol. The van der Waals surface area contributed by atoms with Gasteiger partial charge in [-0.15, -0.1) is 11.3 Å². The van der Waals surface area contributed by atoms with Crippen LogP contribution in [0, 0.1) is 5.82 Å². The number of ether oxygens (including phenoxy) is 1. The largest absolute Gasteiger partial charge is 0.486 e. The van der Waals surface area contributed by atoms with E-state index in [4.69, 9.17) is 10.5 Å². The molecule has 2 aromatic rings. The molecular formula is C16H21FN2OS. The van der Waals surface area contributed by atoms with Gasteiger partial charge in [0.25, 0.3) is 0 Å². The Balaban J connectivity index is 2.12. The van der Waals surface area contributed by atoms with Crippen molar-refractivity contribution in [3.8, 4) is 5.75 Å². The van der Waals surface area contributed by atoms with Crippen LogP contribution < -0.4 is 10.5 Å². The molecule has 21 heavy (non-hydrogen) atoms. The quantitative estimate of drug-likeness (QED) is 0.922. The Morgan fingerprint density at radius 2 is 2.10 bits per heavy atom. The van der Waals surface area contributed by atoms with Crippen LogP contribution in [-0.2, 0) is 12.0 Å². The molecule has 0 aliphatic heterocycles. The van der Waals surface area contributed by atoms with Crippen molar-refractivity contribution >= 4 is 11.3 Å². The van der Waals surface area contributed by atoms with Crippen molar-refractivity contribution in [1.29, 1.82) is 0 Å². The van der Waals surface area contributed by atoms with E-state index in [1.807, 2.05) is 6.92 Å². The Kier molecular flexibility index (Phi) is 4.64. The molecule has 0 fully saturated rings. The van der Waals surface area contributed by atoms with Crippen molar-refractivity contribution in [2.45, 2.75) is 45.8 Å². The fraction of sp³-hybridized carbons (Fsp3) is 0.438. The van der Waals surface area contributed by atoms with Crippen LogP contribution in [0.25, 0.3) is 0 Å². The maximum atomic E-state index is 13.3. The van der Waals surface area contributed by atoms with Gasteiger partial charge in [-0.25, -0.2) is 9.37 Å². The summed E-state index contributed by atoms with van der Waals surface area (Å²) in [6.07, 6.45) is 0. The van der Waals surface area contributed by atoms with Crippen LogP contribution in [0.3, 0.4) is 0 Å².